The zero-order valence-electron chi connectivity index (χ0n) is 13.5. The van der Waals surface area contributed by atoms with E-state index in [1.807, 2.05) is 0 Å². The van der Waals surface area contributed by atoms with E-state index in [0.29, 0.717) is 25.5 Å². The summed E-state index contributed by atoms with van der Waals surface area (Å²) >= 11 is 0. The zero-order chi connectivity index (χ0) is 17.7. The number of carbonyl (C=O) groups is 1. The quantitative estimate of drug-likeness (QED) is 0.752. The molecule has 134 valence electrons. The maximum absolute atomic E-state index is 13.8. The summed E-state index contributed by atoms with van der Waals surface area (Å²) in [7, 11) is 1.56. The summed E-state index contributed by atoms with van der Waals surface area (Å²) in [6.07, 6.45) is 1.35. The van der Waals surface area contributed by atoms with E-state index in [2.05, 4.69) is 4.98 Å². The van der Waals surface area contributed by atoms with E-state index in [4.69, 9.17) is 4.74 Å². The highest BCUT2D eigenvalue weighted by Gasteiger charge is 2.43. The summed E-state index contributed by atoms with van der Waals surface area (Å²) < 4.78 is 31.7. The van der Waals surface area contributed by atoms with Gasteiger partial charge in [-0.25, -0.2) is 13.8 Å². The van der Waals surface area contributed by atoms with Gasteiger partial charge < -0.3 is 19.8 Å². The topological polar surface area (TPSA) is 82.9 Å². The molecule has 2 rings (SSSR count). The van der Waals surface area contributed by atoms with Crippen LogP contribution in [0.4, 0.5) is 8.78 Å². The number of halogens is 2. The number of ether oxygens (including phenoxy) is 1. The fraction of sp³-hybridized carbons (Fsp3) is 0.625. The highest BCUT2D eigenvalue weighted by molar-refractivity contribution is 5.92. The van der Waals surface area contributed by atoms with E-state index in [9.17, 15) is 23.8 Å². The van der Waals surface area contributed by atoms with Gasteiger partial charge in [-0.2, -0.15) is 0 Å². The van der Waals surface area contributed by atoms with Crippen molar-refractivity contribution in [3.8, 4) is 0 Å². The number of carbonyl (C=O) groups excluding carboxylic acids is 1. The monoisotopic (exact) mass is 344 g/mol. The Hall–Kier alpha value is -1.64. The average Bonchev–Trinajstić information content (AvgIpc) is 2.56. The predicted molar refractivity (Wildman–Crippen MR) is 81.3 cm³/mol. The van der Waals surface area contributed by atoms with Crippen molar-refractivity contribution in [2.45, 2.75) is 25.4 Å². The number of pyridine rings is 1. The van der Waals surface area contributed by atoms with Crippen molar-refractivity contribution in [2.24, 2.45) is 5.41 Å². The standard InChI is InChI=1S/C16H22F2N2O4/c1-24-6-2-4-16(10-21)9-20(5-3-13(16)22)15(23)14-12(18)7-11(17)8-19-14/h7-8,13,21-22H,2-6,9-10H2,1H3/t13-,16+/m1/s1. The largest absolute Gasteiger partial charge is 0.396 e. The molecule has 2 N–H and O–H groups in total. The van der Waals surface area contributed by atoms with Crippen LogP contribution in [0.2, 0.25) is 0 Å². The zero-order valence-corrected chi connectivity index (χ0v) is 13.5. The average molecular weight is 344 g/mol. The number of rotatable bonds is 6. The van der Waals surface area contributed by atoms with Crippen LogP contribution in [0, 0.1) is 17.0 Å². The molecule has 0 bridgehead atoms. The summed E-state index contributed by atoms with van der Waals surface area (Å²) in [5.41, 5.74) is -1.35. The molecule has 0 aromatic carbocycles. The molecule has 8 heteroatoms. The van der Waals surface area contributed by atoms with Crippen LogP contribution in [0.25, 0.3) is 0 Å². The number of aliphatic hydroxyl groups is 2. The lowest BCUT2D eigenvalue weighted by Crippen LogP contribution is -2.55. The van der Waals surface area contributed by atoms with Gasteiger partial charge in [-0.3, -0.25) is 4.79 Å². The number of hydrogen-bond donors (Lipinski definition) is 2. The van der Waals surface area contributed by atoms with Crippen LogP contribution in [0.15, 0.2) is 12.3 Å². The minimum absolute atomic E-state index is 0.0751. The fourth-order valence-corrected chi connectivity index (χ4v) is 3.09. The van der Waals surface area contributed by atoms with Crippen LogP contribution in [-0.2, 0) is 4.74 Å². The Kier molecular flexibility index (Phi) is 6.20. The van der Waals surface area contributed by atoms with Gasteiger partial charge in [-0.15, -0.1) is 0 Å². The van der Waals surface area contributed by atoms with Crippen molar-refractivity contribution < 1.29 is 28.5 Å². The first-order valence-corrected chi connectivity index (χ1v) is 7.81. The Labute approximate surface area is 139 Å². The van der Waals surface area contributed by atoms with Gasteiger partial charge in [0.25, 0.3) is 5.91 Å². The first kappa shape index (κ1) is 18.7. The maximum atomic E-state index is 13.8. The Bertz CT molecular complexity index is 587. The third kappa shape index (κ3) is 3.88. The van der Waals surface area contributed by atoms with E-state index in [-0.39, 0.29) is 26.1 Å². The second-order valence-electron chi connectivity index (χ2n) is 6.13. The van der Waals surface area contributed by atoms with Crippen molar-refractivity contribution in [2.75, 3.05) is 33.4 Å². The molecule has 1 saturated heterocycles. The van der Waals surface area contributed by atoms with Crippen LogP contribution in [-0.4, -0.2) is 65.5 Å². The molecule has 1 aromatic heterocycles. The predicted octanol–water partition coefficient (Wildman–Crippen LogP) is 0.972. The molecule has 1 fully saturated rings. The number of aromatic nitrogens is 1. The Morgan fingerprint density at radius 1 is 1.54 bits per heavy atom. The SMILES string of the molecule is COCCC[C@@]1(CO)CN(C(=O)c2ncc(F)cc2F)CC[C@H]1O. The van der Waals surface area contributed by atoms with E-state index in [1.54, 1.807) is 7.11 Å². The summed E-state index contributed by atoms with van der Waals surface area (Å²) in [5, 5.41) is 20.1. The second kappa shape index (κ2) is 7.96. The molecule has 1 aromatic rings. The summed E-state index contributed by atoms with van der Waals surface area (Å²) in [4.78, 5) is 17.4. The highest BCUT2D eigenvalue weighted by Crippen LogP contribution is 2.35. The minimum Gasteiger partial charge on any atom is -0.396 e. The molecule has 2 heterocycles. The number of nitrogens with zero attached hydrogens (tertiary/aromatic N) is 2. The number of amides is 1. The second-order valence-corrected chi connectivity index (χ2v) is 6.13. The van der Waals surface area contributed by atoms with Crippen LogP contribution in [0.1, 0.15) is 29.8 Å². The lowest BCUT2D eigenvalue weighted by Gasteiger charge is -2.45. The van der Waals surface area contributed by atoms with E-state index >= 15 is 0 Å². The number of hydrogen-bond acceptors (Lipinski definition) is 5. The van der Waals surface area contributed by atoms with Crippen LogP contribution in [0.3, 0.4) is 0 Å². The van der Waals surface area contributed by atoms with Gasteiger partial charge in [0, 0.05) is 38.3 Å². The molecular weight excluding hydrogens is 322 g/mol. The molecule has 0 aliphatic carbocycles. The van der Waals surface area contributed by atoms with Gasteiger partial charge in [0.2, 0.25) is 0 Å². The van der Waals surface area contributed by atoms with E-state index in [1.165, 1.54) is 4.90 Å². The molecule has 0 saturated carbocycles. The van der Waals surface area contributed by atoms with Crippen molar-refractivity contribution in [1.82, 2.24) is 9.88 Å². The molecular formula is C16H22F2N2O4. The normalized spacial score (nSPS) is 24.2. The molecule has 24 heavy (non-hydrogen) atoms. The number of methoxy groups -OCH3 is 1. The summed E-state index contributed by atoms with van der Waals surface area (Å²) in [5.74, 6) is -2.56. The van der Waals surface area contributed by atoms with Gasteiger partial charge in [0.15, 0.2) is 11.5 Å². The highest BCUT2D eigenvalue weighted by atomic mass is 19.1. The first-order valence-electron chi connectivity index (χ1n) is 7.81. The van der Waals surface area contributed by atoms with Crippen LogP contribution in [0.5, 0.6) is 0 Å². The molecule has 1 aliphatic heterocycles. The smallest absolute Gasteiger partial charge is 0.275 e. The summed E-state index contributed by atoms with van der Waals surface area (Å²) in [6, 6.07) is 0.608. The van der Waals surface area contributed by atoms with Gasteiger partial charge in [0.1, 0.15) is 5.82 Å². The Morgan fingerprint density at radius 3 is 2.92 bits per heavy atom. The van der Waals surface area contributed by atoms with Gasteiger partial charge in [-0.1, -0.05) is 0 Å². The number of piperidine rings is 1. The molecule has 0 radical (unpaired) electrons. The third-order valence-corrected chi connectivity index (χ3v) is 4.52. The fourth-order valence-electron chi connectivity index (χ4n) is 3.09. The van der Waals surface area contributed by atoms with Crippen molar-refractivity contribution in [3.63, 3.8) is 0 Å². The Morgan fingerprint density at radius 2 is 2.29 bits per heavy atom. The van der Waals surface area contributed by atoms with Crippen molar-refractivity contribution in [1.29, 1.82) is 0 Å². The maximum Gasteiger partial charge on any atom is 0.275 e. The van der Waals surface area contributed by atoms with Crippen molar-refractivity contribution in [3.05, 3.63) is 29.6 Å². The molecule has 0 unspecified atom stereocenters. The molecule has 1 amide bonds. The van der Waals surface area contributed by atoms with Crippen molar-refractivity contribution >= 4 is 5.91 Å². The Balaban J connectivity index is 2.17. The van der Waals surface area contributed by atoms with Crippen LogP contribution < -0.4 is 0 Å². The number of likely N-dealkylation sites (tertiary alicyclic amines) is 1. The van der Waals surface area contributed by atoms with E-state index in [0.717, 1.165) is 6.20 Å². The summed E-state index contributed by atoms with van der Waals surface area (Å²) in [6.45, 7) is 0.452. The third-order valence-electron chi connectivity index (χ3n) is 4.52. The molecule has 0 spiro atoms. The molecule has 2 atom stereocenters. The van der Waals surface area contributed by atoms with Gasteiger partial charge in [0.05, 0.1) is 18.9 Å². The lowest BCUT2D eigenvalue weighted by atomic mass is 9.74. The van der Waals surface area contributed by atoms with E-state index < -0.39 is 34.8 Å². The molecule has 1 aliphatic rings. The molecule has 6 nitrogen and oxygen atoms in total. The number of aliphatic hydroxyl groups excluding tert-OH is 2. The van der Waals surface area contributed by atoms with Gasteiger partial charge >= 0.3 is 0 Å². The lowest BCUT2D eigenvalue weighted by molar-refractivity contribution is -0.0746. The first-order chi connectivity index (χ1) is 11.4. The van der Waals surface area contributed by atoms with Crippen LogP contribution >= 0.6 is 0 Å². The van der Waals surface area contributed by atoms with Gasteiger partial charge in [-0.05, 0) is 19.3 Å². The minimum atomic E-state index is -1.03.